The highest BCUT2D eigenvalue weighted by atomic mass is 35.5. The normalized spacial score (nSPS) is 24.6. The number of nitrogens with two attached hydrogens (primary N) is 1. The molecular weight excluding hydrogens is 336 g/mol. The molecule has 0 radical (unpaired) electrons. The van der Waals surface area contributed by atoms with Crippen LogP contribution in [0.15, 0.2) is 24.3 Å². The average molecular weight is 367 g/mol. The first-order chi connectivity index (χ1) is 11.7. The van der Waals surface area contributed by atoms with Gasteiger partial charge in [0, 0.05) is 23.4 Å². The van der Waals surface area contributed by atoms with Gasteiger partial charge in [0.25, 0.3) is 0 Å². The zero-order chi connectivity index (χ0) is 17.0. The van der Waals surface area contributed by atoms with Crippen molar-refractivity contribution in [1.82, 2.24) is 5.32 Å². The minimum Gasteiger partial charge on any atom is -0.496 e. The number of carbonyl (C=O) groups is 1. The van der Waals surface area contributed by atoms with Gasteiger partial charge in [-0.15, -0.1) is 12.4 Å². The lowest BCUT2D eigenvalue weighted by Gasteiger charge is -2.32. The first kappa shape index (κ1) is 20.1. The Morgan fingerprint density at radius 2 is 1.96 bits per heavy atom. The zero-order valence-electron chi connectivity index (χ0n) is 15.1. The molecule has 0 unspecified atom stereocenters. The summed E-state index contributed by atoms with van der Waals surface area (Å²) in [6.45, 7) is 1.33. The fraction of sp³-hybridized carbons (Fsp3) is 0.650. The van der Waals surface area contributed by atoms with E-state index in [0.29, 0.717) is 19.0 Å². The molecule has 5 heteroatoms. The molecule has 2 aliphatic rings. The van der Waals surface area contributed by atoms with Crippen LogP contribution >= 0.6 is 12.4 Å². The number of ether oxygens (including phenoxy) is 1. The number of hydrogen-bond acceptors (Lipinski definition) is 3. The van der Waals surface area contributed by atoms with Gasteiger partial charge < -0.3 is 15.8 Å². The second kappa shape index (κ2) is 8.91. The van der Waals surface area contributed by atoms with Gasteiger partial charge in [-0.05, 0) is 44.2 Å². The molecule has 0 spiro atoms. The molecule has 2 aliphatic carbocycles. The van der Waals surface area contributed by atoms with Gasteiger partial charge in [0.05, 0.1) is 7.11 Å². The molecule has 0 bridgehead atoms. The molecule has 1 aromatic carbocycles. The van der Waals surface area contributed by atoms with Crippen LogP contribution in [0.5, 0.6) is 5.75 Å². The average Bonchev–Trinajstić information content (AvgIpc) is 3.29. The van der Waals surface area contributed by atoms with Crippen molar-refractivity contribution in [2.75, 3.05) is 20.2 Å². The molecule has 2 fully saturated rings. The van der Waals surface area contributed by atoms with Crippen LogP contribution in [0.25, 0.3) is 0 Å². The molecule has 0 saturated heterocycles. The van der Waals surface area contributed by atoms with E-state index in [2.05, 4.69) is 17.4 Å². The van der Waals surface area contributed by atoms with Crippen LogP contribution in [0.1, 0.15) is 50.5 Å². The Morgan fingerprint density at radius 3 is 2.64 bits per heavy atom. The van der Waals surface area contributed by atoms with E-state index in [1.807, 2.05) is 12.1 Å². The van der Waals surface area contributed by atoms with Gasteiger partial charge in [0.1, 0.15) is 5.75 Å². The van der Waals surface area contributed by atoms with Crippen LogP contribution in [-0.2, 0) is 10.2 Å². The molecule has 0 heterocycles. The minimum atomic E-state index is 0. The Bertz CT molecular complexity index is 573. The minimum absolute atomic E-state index is 0. The molecule has 2 atom stereocenters. The number of carbonyl (C=O) groups excluding carboxylic acids is 1. The third-order valence-electron chi connectivity index (χ3n) is 6.14. The van der Waals surface area contributed by atoms with Gasteiger partial charge >= 0.3 is 0 Å². The second-order valence-corrected chi connectivity index (χ2v) is 7.44. The van der Waals surface area contributed by atoms with Crippen molar-refractivity contribution >= 4 is 18.3 Å². The van der Waals surface area contributed by atoms with E-state index >= 15 is 0 Å². The van der Waals surface area contributed by atoms with E-state index in [1.165, 1.54) is 18.4 Å². The Morgan fingerprint density at radius 1 is 1.24 bits per heavy atom. The van der Waals surface area contributed by atoms with Gasteiger partial charge in [-0.3, -0.25) is 4.79 Å². The van der Waals surface area contributed by atoms with Crippen molar-refractivity contribution in [3.8, 4) is 5.75 Å². The summed E-state index contributed by atoms with van der Waals surface area (Å²) in [5.74, 6) is 1.60. The van der Waals surface area contributed by atoms with Gasteiger partial charge in [-0.2, -0.15) is 0 Å². The number of rotatable bonds is 6. The predicted molar refractivity (Wildman–Crippen MR) is 103 cm³/mol. The summed E-state index contributed by atoms with van der Waals surface area (Å²) in [7, 11) is 1.73. The summed E-state index contributed by atoms with van der Waals surface area (Å²) in [6.07, 6.45) is 7.84. The highest BCUT2D eigenvalue weighted by Crippen LogP contribution is 2.44. The lowest BCUT2D eigenvalue weighted by molar-refractivity contribution is -0.126. The first-order valence-electron chi connectivity index (χ1n) is 9.31. The smallest absolute Gasteiger partial charge is 0.223 e. The SMILES string of the molecule is COc1ccccc1C1(CNC(=O)[C@@H]2CCC[C@@H]2CN)CCCC1.Cl. The van der Waals surface area contributed by atoms with E-state index in [9.17, 15) is 4.79 Å². The van der Waals surface area contributed by atoms with E-state index < -0.39 is 0 Å². The number of hydrogen-bond donors (Lipinski definition) is 2. The summed E-state index contributed by atoms with van der Waals surface area (Å²) >= 11 is 0. The van der Waals surface area contributed by atoms with Gasteiger partial charge in [-0.25, -0.2) is 0 Å². The van der Waals surface area contributed by atoms with Crippen LogP contribution in [0.3, 0.4) is 0 Å². The topological polar surface area (TPSA) is 64.3 Å². The summed E-state index contributed by atoms with van der Waals surface area (Å²) in [6, 6.07) is 8.27. The van der Waals surface area contributed by atoms with E-state index in [-0.39, 0.29) is 29.6 Å². The summed E-state index contributed by atoms with van der Waals surface area (Å²) < 4.78 is 5.59. The number of methoxy groups -OCH3 is 1. The number of benzene rings is 1. The number of para-hydroxylation sites is 1. The monoisotopic (exact) mass is 366 g/mol. The van der Waals surface area contributed by atoms with Gasteiger partial charge in [-0.1, -0.05) is 37.5 Å². The quantitative estimate of drug-likeness (QED) is 0.810. The molecule has 4 nitrogen and oxygen atoms in total. The Hall–Kier alpha value is -1.26. The second-order valence-electron chi connectivity index (χ2n) is 7.44. The van der Waals surface area contributed by atoms with Crippen molar-refractivity contribution in [2.24, 2.45) is 17.6 Å². The molecule has 2 saturated carbocycles. The molecule has 140 valence electrons. The Balaban J connectivity index is 0.00000225. The summed E-state index contributed by atoms with van der Waals surface area (Å²) in [4.78, 5) is 12.7. The molecule has 1 amide bonds. The fourth-order valence-corrected chi connectivity index (χ4v) is 4.73. The number of halogens is 1. The molecule has 1 aromatic rings. The maximum atomic E-state index is 12.7. The molecule has 3 N–H and O–H groups in total. The standard InChI is InChI=1S/C20H30N2O2.ClH/c1-24-18-10-3-2-9-17(18)20(11-4-5-12-20)14-22-19(23)16-8-6-7-15(16)13-21;/h2-3,9-10,15-16H,4-8,11-14,21H2,1H3,(H,22,23);1H/t15-,16-;/m1./s1. The number of amides is 1. The highest BCUT2D eigenvalue weighted by molar-refractivity contribution is 5.85. The first-order valence-corrected chi connectivity index (χ1v) is 9.31. The van der Waals surface area contributed by atoms with E-state index in [4.69, 9.17) is 10.5 Å². The van der Waals surface area contributed by atoms with Crippen LogP contribution in [0.2, 0.25) is 0 Å². The van der Waals surface area contributed by atoms with Crippen molar-refractivity contribution < 1.29 is 9.53 Å². The lowest BCUT2D eigenvalue weighted by atomic mass is 9.78. The fourth-order valence-electron chi connectivity index (χ4n) is 4.73. The van der Waals surface area contributed by atoms with Crippen LogP contribution < -0.4 is 15.8 Å². The van der Waals surface area contributed by atoms with Crippen molar-refractivity contribution in [2.45, 2.75) is 50.4 Å². The van der Waals surface area contributed by atoms with Crippen molar-refractivity contribution in [3.63, 3.8) is 0 Å². The van der Waals surface area contributed by atoms with Crippen LogP contribution in [0.4, 0.5) is 0 Å². The van der Waals surface area contributed by atoms with E-state index in [1.54, 1.807) is 7.11 Å². The van der Waals surface area contributed by atoms with E-state index in [0.717, 1.165) is 37.9 Å². The third kappa shape index (κ3) is 4.12. The van der Waals surface area contributed by atoms with Crippen molar-refractivity contribution in [1.29, 1.82) is 0 Å². The molecule has 3 rings (SSSR count). The predicted octanol–water partition coefficient (Wildman–Crippen LogP) is 3.42. The molecular formula is C20H31ClN2O2. The van der Waals surface area contributed by atoms with Crippen LogP contribution in [0, 0.1) is 11.8 Å². The summed E-state index contributed by atoms with van der Waals surface area (Å²) in [5, 5.41) is 3.27. The largest absolute Gasteiger partial charge is 0.496 e. The Labute approximate surface area is 157 Å². The molecule has 0 aromatic heterocycles. The van der Waals surface area contributed by atoms with Crippen molar-refractivity contribution in [3.05, 3.63) is 29.8 Å². The van der Waals surface area contributed by atoms with Gasteiger partial charge in [0.15, 0.2) is 0 Å². The third-order valence-corrected chi connectivity index (χ3v) is 6.14. The zero-order valence-corrected chi connectivity index (χ0v) is 15.9. The molecule has 25 heavy (non-hydrogen) atoms. The lowest BCUT2D eigenvalue weighted by Crippen LogP contribution is -2.43. The highest BCUT2D eigenvalue weighted by Gasteiger charge is 2.39. The summed E-state index contributed by atoms with van der Waals surface area (Å²) in [5.41, 5.74) is 7.09. The maximum Gasteiger partial charge on any atom is 0.223 e. The van der Waals surface area contributed by atoms with Gasteiger partial charge in [0.2, 0.25) is 5.91 Å². The molecule has 0 aliphatic heterocycles. The Kier molecular flexibility index (Phi) is 7.14. The van der Waals surface area contributed by atoms with Crippen LogP contribution in [-0.4, -0.2) is 26.1 Å². The number of nitrogens with one attached hydrogen (secondary N) is 1. The maximum absolute atomic E-state index is 12.7.